The fraction of sp³-hybridized carbons (Fsp3) is 0.240. The number of nitrogens with one attached hydrogen (secondary N) is 1. The lowest BCUT2D eigenvalue weighted by atomic mass is 10.1. The lowest BCUT2D eigenvalue weighted by molar-refractivity contribution is -0.137. The molecule has 0 atom stereocenters. The van der Waals surface area contributed by atoms with Crippen LogP contribution in [0.4, 0.5) is 24.5 Å². The fourth-order valence-corrected chi connectivity index (χ4v) is 3.84. The molecule has 0 saturated carbocycles. The number of carbonyl (C=O) groups is 2. The van der Waals surface area contributed by atoms with Gasteiger partial charge in [0, 0.05) is 43.5 Å². The third kappa shape index (κ3) is 6.25. The molecule has 2 aromatic carbocycles. The summed E-state index contributed by atoms with van der Waals surface area (Å²) in [7, 11) is 0. The van der Waals surface area contributed by atoms with Crippen molar-refractivity contribution in [3.05, 3.63) is 78.0 Å². The topological polar surface area (TPSA) is 74.8 Å². The van der Waals surface area contributed by atoms with Crippen LogP contribution in [0.3, 0.4) is 0 Å². The second-order valence-corrected chi connectivity index (χ2v) is 8.28. The summed E-state index contributed by atoms with van der Waals surface area (Å²) in [5.74, 6) is 0.264. The molecule has 36 heavy (non-hydrogen) atoms. The number of hydrogen-bond donors (Lipinski definition) is 1. The molecule has 3 aromatic rings. The van der Waals surface area contributed by atoms with Crippen LogP contribution in [-0.2, 0) is 11.0 Å². The van der Waals surface area contributed by atoms with E-state index in [4.69, 9.17) is 16.3 Å². The van der Waals surface area contributed by atoms with E-state index in [1.165, 1.54) is 6.20 Å². The molecule has 0 aliphatic carbocycles. The van der Waals surface area contributed by atoms with Gasteiger partial charge in [-0.2, -0.15) is 13.2 Å². The van der Waals surface area contributed by atoms with Crippen molar-refractivity contribution in [1.29, 1.82) is 0 Å². The van der Waals surface area contributed by atoms with Crippen molar-refractivity contribution < 1.29 is 27.5 Å². The van der Waals surface area contributed by atoms with Crippen molar-refractivity contribution in [3.63, 3.8) is 0 Å². The van der Waals surface area contributed by atoms with Crippen molar-refractivity contribution in [2.75, 3.05) is 42.3 Å². The van der Waals surface area contributed by atoms with Crippen molar-refractivity contribution in [1.82, 2.24) is 9.88 Å². The summed E-state index contributed by atoms with van der Waals surface area (Å²) in [5.41, 5.74) is 0.649. The summed E-state index contributed by atoms with van der Waals surface area (Å²) in [6.07, 6.45) is -3.07. The number of ether oxygens (including phenoxy) is 1. The number of anilines is 2. The zero-order valence-electron chi connectivity index (χ0n) is 19.0. The van der Waals surface area contributed by atoms with Gasteiger partial charge in [0.2, 0.25) is 11.8 Å². The van der Waals surface area contributed by atoms with Gasteiger partial charge in [-0.3, -0.25) is 9.59 Å². The summed E-state index contributed by atoms with van der Waals surface area (Å²) >= 11 is 5.62. The molecule has 1 aromatic heterocycles. The Morgan fingerprint density at radius 3 is 2.17 bits per heavy atom. The molecule has 2 heterocycles. The van der Waals surface area contributed by atoms with Crippen LogP contribution < -0.4 is 15.0 Å². The van der Waals surface area contributed by atoms with Crippen LogP contribution in [-0.4, -0.2) is 53.8 Å². The van der Waals surface area contributed by atoms with Gasteiger partial charge in [0.25, 0.3) is 5.91 Å². The van der Waals surface area contributed by atoms with E-state index in [2.05, 4.69) is 15.2 Å². The van der Waals surface area contributed by atoms with Crippen LogP contribution in [0.2, 0.25) is 0 Å². The molecule has 7 nitrogen and oxygen atoms in total. The van der Waals surface area contributed by atoms with E-state index in [0.717, 1.165) is 30.0 Å². The Labute approximate surface area is 210 Å². The van der Waals surface area contributed by atoms with Crippen molar-refractivity contribution in [2.24, 2.45) is 0 Å². The third-order valence-corrected chi connectivity index (χ3v) is 5.87. The number of alkyl halides is 4. The highest BCUT2D eigenvalue weighted by Crippen LogP contribution is 2.29. The Kier molecular flexibility index (Phi) is 7.64. The van der Waals surface area contributed by atoms with Crippen LogP contribution in [0.1, 0.15) is 15.9 Å². The third-order valence-electron chi connectivity index (χ3n) is 5.64. The first-order valence-corrected chi connectivity index (χ1v) is 11.6. The fourth-order valence-electron chi connectivity index (χ4n) is 3.67. The van der Waals surface area contributed by atoms with E-state index in [9.17, 15) is 22.8 Å². The molecule has 1 aliphatic rings. The minimum absolute atomic E-state index is 0.00737. The normalized spacial score (nSPS) is 13.9. The van der Waals surface area contributed by atoms with Crippen LogP contribution in [0, 0.1) is 0 Å². The number of aromatic nitrogens is 1. The van der Waals surface area contributed by atoms with Gasteiger partial charge in [0.1, 0.15) is 11.6 Å². The molecular formula is C25H22ClF3N4O3. The molecule has 4 rings (SSSR count). The highest BCUT2D eigenvalue weighted by molar-refractivity contribution is 6.27. The summed E-state index contributed by atoms with van der Waals surface area (Å²) in [4.78, 5) is 32.1. The van der Waals surface area contributed by atoms with Gasteiger partial charge in [-0.05, 0) is 54.6 Å². The van der Waals surface area contributed by atoms with Gasteiger partial charge in [0.15, 0.2) is 0 Å². The predicted octanol–water partition coefficient (Wildman–Crippen LogP) is 5.03. The number of benzene rings is 2. The summed E-state index contributed by atoms with van der Waals surface area (Å²) in [5, 5.41) is 2.59. The van der Waals surface area contributed by atoms with Crippen LogP contribution >= 0.6 is 11.6 Å². The van der Waals surface area contributed by atoms with Gasteiger partial charge in [-0.25, -0.2) is 4.98 Å². The number of carbonyl (C=O) groups excluding carboxylic acids is 2. The Bertz CT molecular complexity index is 1200. The van der Waals surface area contributed by atoms with Crippen molar-refractivity contribution in [2.45, 2.75) is 6.18 Å². The first kappa shape index (κ1) is 25.3. The summed E-state index contributed by atoms with van der Waals surface area (Å²) in [6, 6.07) is 14.6. The Morgan fingerprint density at radius 2 is 1.61 bits per heavy atom. The highest BCUT2D eigenvalue weighted by Gasteiger charge is 2.30. The molecule has 1 saturated heterocycles. The Balaban J connectivity index is 1.30. The average molecular weight is 519 g/mol. The molecular weight excluding hydrogens is 497 g/mol. The highest BCUT2D eigenvalue weighted by atomic mass is 35.5. The molecule has 1 N–H and O–H groups in total. The first-order valence-electron chi connectivity index (χ1n) is 11.0. The number of pyridine rings is 1. The van der Waals surface area contributed by atoms with Gasteiger partial charge in [0.05, 0.1) is 17.4 Å². The molecule has 0 spiro atoms. The van der Waals surface area contributed by atoms with Gasteiger partial charge in [-0.15, -0.1) is 11.6 Å². The van der Waals surface area contributed by atoms with Crippen LogP contribution in [0.25, 0.3) is 0 Å². The minimum Gasteiger partial charge on any atom is -0.439 e. The molecule has 1 aliphatic heterocycles. The molecule has 11 heteroatoms. The maximum atomic E-state index is 12.7. The number of halogens is 4. The lowest BCUT2D eigenvalue weighted by Gasteiger charge is -2.35. The largest absolute Gasteiger partial charge is 0.439 e. The molecule has 0 bridgehead atoms. The van der Waals surface area contributed by atoms with Gasteiger partial charge >= 0.3 is 6.18 Å². The first-order chi connectivity index (χ1) is 17.2. The minimum atomic E-state index is -4.46. The predicted molar refractivity (Wildman–Crippen MR) is 130 cm³/mol. The smallest absolute Gasteiger partial charge is 0.416 e. The maximum absolute atomic E-state index is 12.7. The van der Waals surface area contributed by atoms with Crippen LogP contribution in [0.5, 0.6) is 11.6 Å². The molecule has 0 radical (unpaired) electrons. The van der Waals surface area contributed by atoms with E-state index in [1.807, 2.05) is 24.3 Å². The monoisotopic (exact) mass is 518 g/mol. The van der Waals surface area contributed by atoms with E-state index >= 15 is 0 Å². The second-order valence-electron chi connectivity index (χ2n) is 8.01. The Morgan fingerprint density at radius 1 is 0.944 bits per heavy atom. The average Bonchev–Trinajstić information content (AvgIpc) is 2.89. The molecule has 188 valence electrons. The Hall–Kier alpha value is -3.79. The zero-order valence-corrected chi connectivity index (χ0v) is 19.7. The maximum Gasteiger partial charge on any atom is 0.416 e. The van der Waals surface area contributed by atoms with E-state index in [-0.39, 0.29) is 17.4 Å². The second kappa shape index (κ2) is 10.9. The number of rotatable bonds is 6. The number of hydrogen-bond acceptors (Lipinski definition) is 5. The molecule has 2 amide bonds. The van der Waals surface area contributed by atoms with Crippen molar-refractivity contribution >= 4 is 34.8 Å². The lowest BCUT2D eigenvalue weighted by Crippen LogP contribution is -2.49. The quantitative estimate of drug-likeness (QED) is 0.463. The summed E-state index contributed by atoms with van der Waals surface area (Å²) < 4.78 is 43.8. The number of amides is 2. The standard InChI is InChI=1S/C25H22ClF3N4O3/c26-15-23(34)33-13-11-32(12-14-33)20-6-8-21(9-7-20)36-22-10-5-19(16-30-22)31-24(35)17-1-3-18(4-2-17)25(27,28)29/h1-10,16H,11-15H2,(H,31,35). The van der Waals surface area contributed by atoms with E-state index in [1.54, 1.807) is 17.0 Å². The van der Waals surface area contributed by atoms with Crippen molar-refractivity contribution in [3.8, 4) is 11.6 Å². The zero-order chi connectivity index (χ0) is 25.7. The van der Waals surface area contributed by atoms with E-state index in [0.29, 0.717) is 43.5 Å². The summed E-state index contributed by atoms with van der Waals surface area (Å²) in [6.45, 7) is 2.67. The van der Waals surface area contributed by atoms with E-state index < -0.39 is 17.6 Å². The number of nitrogens with zero attached hydrogens (tertiary/aromatic N) is 3. The molecule has 1 fully saturated rings. The SMILES string of the molecule is O=C(Nc1ccc(Oc2ccc(N3CCN(C(=O)CCl)CC3)cc2)nc1)c1ccc(C(F)(F)F)cc1. The van der Waals surface area contributed by atoms with Crippen LogP contribution in [0.15, 0.2) is 66.9 Å². The number of piperazine rings is 1. The van der Waals surface area contributed by atoms with Gasteiger partial charge < -0.3 is 19.9 Å². The molecule has 0 unspecified atom stereocenters. The van der Waals surface area contributed by atoms with Gasteiger partial charge in [-0.1, -0.05) is 0 Å².